The molecule has 0 bridgehead atoms. The fourth-order valence-electron chi connectivity index (χ4n) is 5.63. The number of nitrogens with zero attached hydrogens (tertiary/aromatic N) is 6. The van der Waals surface area contributed by atoms with E-state index in [0.717, 1.165) is 0 Å². The Labute approximate surface area is 221 Å². The molecule has 16 heteroatoms. The first-order valence-electron chi connectivity index (χ1n) is 12.5. The van der Waals surface area contributed by atoms with Crippen LogP contribution in [-0.2, 0) is 26.7 Å². The maximum Gasteiger partial charge on any atom is 0.328 e. The van der Waals surface area contributed by atoms with Gasteiger partial charge in [-0.1, -0.05) is 27.7 Å². The van der Waals surface area contributed by atoms with Crippen LogP contribution < -0.4 is 22.6 Å². The van der Waals surface area contributed by atoms with Crippen molar-refractivity contribution in [3.63, 3.8) is 0 Å². The van der Waals surface area contributed by atoms with E-state index in [9.17, 15) is 14.2 Å². The number of aromatic nitrogens is 8. The zero-order chi connectivity index (χ0) is 28.2. The minimum Gasteiger partial charge on any atom is -0.369 e. The number of H-pyrrole nitrogens is 2. The smallest absolute Gasteiger partial charge is 0.328 e. The molecule has 4 aromatic rings. The lowest BCUT2D eigenvalue weighted by Gasteiger charge is -2.30. The second kappa shape index (κ2) is 7.77. The summed E-state index contributed by atoms with van der Waals surface area (Å²) in [7, 11) is -3.66. The van der Waals surface area contributed by atoms with E-state index in [1.54, 1.807) is 9.13 Å². The van der Waals surface area contributed by atoms with E-state index in [2.05, 4.69) is 29.9 Å². The second-order valence-electron chi connectivity index (χ2n) is 12.1. The molecule has 15 nitrogen and oxygen atoms in total. The minimum atomic E-state index is -3.66. The Morgan fingerprint density at radius 2 is 1.21 bits per heavy atom. The van der Waals surface area contributed by atoms with Gasteiger partial charge in [0.1, 0.15) is 11.2 Å². The molecule has 39 heavy (non-hydrogen) atoms. The largest absolute Gasteiger partial charge is 0.369 e. The van der Waals surface area contributed by atoms with Gasteiger partial charge in [-0.2, -0.15) is 9.97 Å². The Morgan fingerprint density at radius 3 is 1.54 bits per heavy atom. The molecule has 0 radical (unpaired) electrons. The van der Waals surface area contributed by atoms with E-state index >= 15 is 0 Å². The molecule has 2 aliphatic carbocycles. The van der Waals surface area contributed by atoms with E-state index in [1.807, 2.05) is 27.7 Å². The van der Waals surface area contributed by atoms with E-state index in [1.165, 1.54) is 19.3 Å². The number of nitrogens with one attached hydrogen (secondary N) is 2. The summed E-state index contributed by atoms with van der Waals surface area (Å²) in [6.07, 6.45) is 4.22. The molecule has 6 N–H and O–H groups in total. The van der Waals surface area contributed by atoms with Crippen molar-refractivity contribution in [3.05, 3.63) is 33.4 Å². The number of imidazole rings is 2. The highest BCUT2D eigenvalue weighted by Crippen LogP contribution is 2.71. The Kier molecular flexibility index (Phi) is 5.12. The molecule has 0 aromatic carbocycles. The number of fused-ring (bicyclic) bond motifs is 2. The third kappa shape index (κ3) is 4.07. The van der Waals surface area contributed by atoms with Crippen molar-refractivity contribution in [2.24, 2.45) is 10.8 Å². The molecule has 4 heterocycles. The van der Waals surface area contributed by atoms with Crippen molar-refractivity contribution >= 4 is 41.8 Å². The summed E-state index contributed by atoms with van der Waals surface area (Å²) >= 11 is 0. The minimum absolute atomic E-state index is 0.0214. The summed E-state index contributed by atoms with van der Waals surface area (Å²) in [5.74, 6) is -0.0427. The highest BCUT2D eigenvalue weighted by atomic mass is 31.2. The number of hydrogen-bond donors (Lipinski definition) is 4. The molecule has 2 unspecified atom stereocenters. The molecule has 2 fully saturated rings. The fraction of sp³-hybridized carbons (Fsp3) is 0.565. The van der Waals surface area contributed by atoms with Crippen LogP contribution in [-0.4, -0.2) is 56.9 Å². The van der Waals surface area contributed by atoms with E-state index in [4.69, 9.17) is 20.5 Å². The van der Waals surface area contributed by atoms with E-state index < -0.39 is 29.9 Å². The van der Waals surface area contributed by atoms with Gasteiger partial charge < -0.3 is 20.6 Å². The number of nitrogens with two attached hydrogens (primary N) is 2. The zero-order valence-electron chi connectivity index (χ0n) is 22.3. The molecular formula is C23H31N10O5P. The van der Waals surface area contributed by atoms with Crippen LogP contribution in [0.2, 0.25) is 0 Å². The van der Waals surface area contributed by atoms with E-state index in [0.29, 0.717) is 24.1 Å². The van der Waals surface area contributed by atoms with Gasteiger partial charge in [0, 0.05) is 6.66 Å². The Morgan fingerprint density at radius 1 is 0.846 bits per heavy atom. The first kappa shape index (κ1) is 25.7. The van der Waals surface area contributed by atoms with Gasteiger partial charge in [-0.05, 0) is 23.7 Å². The molecule has 2 aliphatic rings. The third-order valence-corrected chi connectivity index (χ3v) is 9.55. The van der Waals surface area contributed by atoms with Gasteiger partial charge in [0.15, 0.2) is 22.3 Å². The molecule has 6 rings (SSSR count). The van der Waals surface area contributed by atoms with Crippen molar-refractivity contribution in [3.8, 4) is 0 Å². The first-order valence-corrected chi connectivity index (χ1v) is 14.5. The van der Waals surface area contributed by atoms with Gasteiger partial charge >= 0.3 is 7.60 Å². The second-order valence-corrected chi connectivity index (χ2v) is 14.0. The summed E-state index contributed by atoms with van der Waals surface area (Å²) in [5.41, 5.74) is 9.23. The van der Waals surface area contributed by atoms with Gasteiger partial charge in [0.2, 0.25) is 11.9 Å². The lowest BCUT2D eigenvalue weighted by Crippen LogP contribution is -2.30. The molecule has 2 atom stereocenters. The Balaban J connectivity index is 1.28. The summed E-state index contributed by atoms with van der Waals surface area (Å²) in [6, 6.07) is 0. The van der Waals surface area contributed by atoms with Crippen LogP contribution in [0, 0.1) is 10.8 Å². The maximum absolute atomic E-state index is 14.0. The number of nitrogen functional groups attached to an aromatic ring is 2. The molecule has 0 amide bonds. The number of hydrogen-bond acceptors (Lipinski definition) is 11. The van der Waals surface area contributed by atoms with Crippen LogP contribution in [0.4, 0.5) is 11.9 Å². The molecular weight excluding hydrogens is 527 g/mol. The maximum atomic E-state index is 14.0. The standard InChI is InChI=1S/C23H31N10O5P/c1-20(2)6-22(20,8-32-10-26-12-14(32)28-18(24)30-16(12)34)37-39(5,36)38-23(7-21(23,3)4)9-33-11-27-13-15(33)29-19(25)31-17(13)35/h10-11H,6-9H2,1-5H3,(H3,24,28,30,34)(H3,25,29,31,35). The number of rotatable bonds is 8. The molecule has 0 saturated heterocycles. The SMILES string of the molecule is CC1(C)CC1(Cn1cnc2c(=O)[nH]c(N)nc21)OP(C)(=O)OC1(Cn2cnc3c(=O)[nH]c(N)nc32)CC1(C)C. The van der Waals surface area contributed by atoms with Crippen molar-refractivity contribution in [2.75, 3.05) is 18.1 Å². The number of aromatic amines is 2. The van der Waals surface area contributed by atoms with Crippen LogP contribution in [0.5, 0.6) is 0 Å². The molecule has 0 spiro atoms. The van der Waals surface area contributed by atoms with Crippen molar-refractivity contribution in [1.82, 2.24) is 39.0 Å². The zero-order valence-corrected chi connectivity index (χ0v) is 23.2. The summed E-state index contributed by atoms with van der Waals surface area (Å²) < 4.78 is 30.2. The summed E-state index contributed by atoms with van der Waals surface area (Å²) in [4.78, 5) is 46.2. The monoisotopic (exact) mass is 558 g/mol. The van der Waals surface area contributed by atoms with Crippen LogP contribution in [0.25, 0.3) is 22.3 Å². The Bertz CT molecular complexity index is 1690. The van der Waals surface area contributed by atoms with Crippen LogP contribution in [0.15, 0.2) is 22.2 Å². The van der Waals surface area contributed by atoms with Gasteiger partial charge in [-0.3, -0.25) is 33.2 Å². The van der Waals surface area contributed by atoms with Crippen molar-refractivity contribution < 1.29 is 13.6 Å². The topological polar surface area (TPSA) is 215 Å². The lowest BCUT2D eigenvalue weighted by atomic mass is 10.1. The average molecular weight is 559 g/mol. The molecule has 2 saturated carbocycles. The van der Waals surface area contributed by atoms with Gasteiger partial charge in [-0.25, -0.2) is 9.97 Å². The summed E-state index contributed by atoms with van der Waals surface area (Å²) in [6.45, 7) is 10.0. The van der Waals surface area contributed by atoms with Crippen molar-refractivity contribution in [1.29, 1.82) is 0 Å². The van der Waals surface area contributed by atoms with Crippen molar-refractivity contribution in [2.45, 2.75) is 64.8 Å². The van der Waals surface area contributed by atoms with Crippen LogP contribution >= 0.6 is 7.60 Å². The highest BCUT2D eigenvalue weighted by molar-refractivity contribution is 7.53. The predicted molar refractivity (Wildman–Crippen MR) is 143 cm³/mol. The normalized spacial score (nSPS) is 26.6. The summed E-state index contributed by atoms with van der Waals surface area (Å²) in [5, 5.41) is 0. The number of anilines is 2. The van der Waals surface area contributed by atoms with Gasteiger partial charge in [0.25, 0.3) is 11.1 Å². The van der Waals surface area contributed by atoms with Gasteiger partial charge in [-0.15, -0.1) is 0 Å². The fourth-order valence-corrected chi connectivity index (χ4v) is 7.67. The molecule has 4 aromatic heterocycles. The Hall–Kier alpha value is -3.55. The molecule has 0 aliphatic heterocycles. The van der Waals surface area contributed by atoms with E-state index in [-0.39, 0.29) is 46.8 Å². The first-order chi connectivity index (χ1) is 18.1. The predicted octanol–water partition coefficient (Wildman–Crippen LogP) is 1.61. The van der Waals surface area contributed by atoms with Crippen LogP contribution in [0.1, 0.15) is 40.5 Å². The van der Waals surface area contributed by atoms with Gasteiger partial charge in [0.05, 0.1) is 25.7 Å². The molecule has 208 valence electrons. The van der Waals surface area contributed by atoms with Crippen LogP contribution in [0.3, 0.4) is 0 Å². The third-order valence-electron chi connectivity index (χ3n) is 8.19. The highest BCUT2D eigenvalue weighted by Gasteiger charge is 2.69. The quantitative estimate of drug-likeness (QED) is 0.228. The lowest BCUT2D eigenvalue weighted by molar-refractivity contribution is 0.0458. The average Bonchev–Trinajstić information content (AvgIpc) is 3.25.